The van der Waals surface area contributed by atoms with Crippen molar-refractivity contribution < 1.29 is 19.8 Å². The van der Waals surface area contributed by atoms with Crippen molar-refractivity contribution in [2.24, 2.45) is 0 Å². The molecule has 6 rings (SSSR count). The van der Waals surface area contributed by atoms with Crippen LogP contribution in [0, 0.1) is 0 Å². The molecular formula is C29H27N3O5S3. The number of aliphatic hydroxyl groups is 1. The number of carbonyl (C=O) groups is 2. The van der Waals surface area contributed by atoms with Gasteiger partial charge < -0.3 is 15.1 Å². The van der Waals surface area contributed by atoms with Gasteiger partial charge in [0, 0.05) is 29.9 Å². The number of carbonyl (C=O) groups excluding carboxylic acids is 1. The Morgan fingerprint density at radius 3 is 2.60 bits per heavy atom. The molecule has 2 atom stereocenters. The van der Waals surface area contributed by atoms with E-state index in [1.54, 1.807) is 6.08 Å². The highest BCUT2D eigenvalue weighted by Crippen LogP contribution is 2.52. The number of amides is 1. The number of anilines is 2. The molecule has 2 fully saturated rings. The molecule has 2 N–H and O–H groups in total. The summed E-state index contributed by atoms with van der Waals surface area (Å²) >= 11 is 7.57. The van der Waals surface area contributed by atoms with Crippen molar-refractivity contribution in [3.05, 3.63) is 78.7 Å². The number of thiazole rings is 1. The molecule has 0 spiro atoms. The summed E-state index contributed by atoms with van der Waals surface area (Å²) < 4.78 is 2.26. The maximum Gasteiger partial charge on any atom is 0.323 e. The molecule has 40 heavy (non-hydrogen) atoms. The average molecular weight is 594 g/mol. The van der Waals surface area contributed by atoms with Gasteiger partial charge in [-0.2, -0.15) is 0 Å². The summed E-state index contributed by atoms with van der Waals surface area (Å²) in [5.41, 5.74) is 4.78. The Bertz CT molecular complexity index is 1730. The number of thiocarbonyl (C=S) groups is 1. The topological polar surface area (TPSA) is 103 Å². The molecule has 206 valence electrons. The maximum absolute atomic E-state index is 13.4. The molecule has 1 saturated carbocycles. The van der Waals surface area contributed by atoms with Crippen LogP contribution in [0.15, 0.2) is 47.3 Å². The van der Waals surface area contributed by atoms with E-state index in [1.807, 2.05) is 25.1 Å². The number of hydrogen-bond donors (Lipinski definition) is 2. The number of nitrogens with zero attached hydrogens (tertiary/aromatic N) is 3. The molecule has 8 nitrogen and oxygen atoms in total. The van der Waals surface area contributed by atoms with E-state index in [9.17, 15) is 24.6 Å². The van der Waals surface area contributed by atoms with Crippen LogP contribution in [0.2, 0.25) is 0 Å². The van der Waals surface area contributed by atoms with Crippen LogP contribution in [-0.4, -0.2) is 48.5 Å². The van der Waals surface area contributed by atoms with Crippen molar-refractivity contribution in [2.75, 3.05) is 11.4 Å². The summed E-state index contributed by atoms with van der Waals surface area (Å²) in [5, 5.41) is 18.9. The quantitative estimate of drug-likeness (QED) is 0.421. The fourth-order valence-corrected chi connectivity index (χ4v) is 8.62. The molecule has 2 aliphatic heterocycles. The molecule has 3 heterocycles. The number of hydrogen-bond acceptors (Lipinski definition) is 8. The first kappa shape index (κ1) is 26.9. The van der Waals surface area contributed by atoms with Crippen LogP contribution in [0.5, 0.6) is 0 Å². The summed E-state index contributed by atoms with van der Waals surface area (Å²) in [4.78, 5) is 42.1. The fraction of sp³-hybridized carbons (Fsp3) is 0.310. The summed E-state index contributed by atoms with van der Waals surface area (Å²) in [6, 6.07) is 14.6. The summed E-state index contributed by atoms with van der Waals surface area (Å²) in [6.07, 6.45) is 5.11. The molecule has 11 heteroatoms. The van der Waals surface area contributed by atoms with Gasteiger partial charge in [0.2, 0.25) is 0 Å². The Balaban J connectivity index is 1.45. The van der Waals surface area contributed by atoms with E-state index in [4.69, 9.17) is 12.2 Å². The van der Waals surface area contributed by atoms with Crippen molar-refractivity contribution >= 4 is 73.9 Å². The molecule has 2 unspecified atom stereocenters. The summed E-state index contributed by atoms with van der Waals surface area (Å²) in [7, 11) is 0. The van der Waals surface area contributed by atoms with Gasteiger partial charge in [-0.25, -0.2) is 0 Å². The second-order valence-corrected chi connectivity index (χ2v) is 12.7. The minimum atomic E-state index is -1.16. The minimum absolute atomic E-state index is 0.0103. The van der Waals surface area contributed by atoms with Gasteiger partial charge in [-0.05, 0) is 66.8 Å². The summed E-state index contributed by atoms with van der Waals surface area (Å²) in [5.74, 6) is -1.08. The monoisotopic (exact) mass is 593 g/mol. The Hall–Kier alpha value is -3.25. The third kappa shape index (κ3) is 4.50. The highest BCUT2D eigenvalue weighted by atomic mass is 32.2. The first-order valence-electron chi connectivity index (χ1n) is 13.1. The van der Waals surface area contributed by atoms with Gasteiger partial charge in [-0.3, -0.25) is 23.9 Å². The van der Waals surface area contributed by atoms with Crippen LogP contribution in [0.1, 0.15) is 48.8 Å². The first-order chi connectivity index (χ1) is 19.3. The largest absolute Gasteiger partial charge is 0.480 e. The van der Waals surface area contributed by atoms with Crippen molar-refractivity contribution in [3.63, 3.8) is 0 Å². The van der Waals surface area contributed by atoms with Crippen LogP contribution in [0.25, 0.3) is 11.0 Å². The number of fused-ring (bicyclic) bond motifs is 3. The third-order valence-electron chi connectivity index (χ3n) is 7.78. The van der Waals surface area contributed by atoms with Gasteiger partial charge >= 0.3 is 5.97 Å². The van der Waals surface area contributed by atoms with Crippen molar-refractivity contribution in [3.8, 4) is 0 Å². The van der Waals surface area contributed by atoms with Gasteiger partial charge in [0.05, 0.1) is 11.1 Å². The predicted molar refractivity (Wildman–Crippen MR) is 161 cm³/mol. The standard InChI is InChI=1S/C29H27N3O5S3/c1-2-30-27(37)25(40-29(30)38)28-31(14-24(34)35)26(36)23(39-28)13-17-8-11-22-20(12-17)19-4-3-5-21(19)32(22)18-9-6-16(15-33)7-10-18/h6-13,19,21,33H,2-5,14-15H2,1H3,(H,34,35). The Morgan fingerprint density at radius 2 is 1.93 bits per heavy atom. The summed E-state index contributed by atoms with van der Waals surface area (Å²) in [6.45, 7) is 1.70. The zero-order valence-electron chi connectivity index (χ0n) is 21.7. The third-order valence-corrected chi connectivity index (χ3v) is 10.5. The van der Waals surface area contributed by atoms with Crippen LogP contribution in [0.3, 0.4) is 0 Å². The van der Waals surface area contributed by atoms with Gasteiger partial charge in [0.25, 0.3) is 11.5 Å². The number of carboxylic acid groups (broad SMARTS) is 1. The zero-order chi connectivity index (χ0) is 28.1. The molecule has 1 saturated heterocycles. The minimum Gasteiger partial charge on any atom is -0.480 e. The van der Waals surface area contributed by atoms with Gasteiger partial charge in [-0.1, -0.05) is 48.6 Å². The molecule has 1 aromatic heterocycles. The second-order valence-electron chi connectivity index (χ2n) is 10.1. The number of aromatic nitrogens is 1. The molecular weight excluding hydrogens is 567 g/mol. The van der Waals surface area contributed by atoms with E-state index < -0.39 is 18.1 Å². The van der Waals surface area contributed by atoms with E-state index in [0.29, 0.717) is 36.9 Å². The van der Waals surface area contributed by atoms with E-state index in [2.05, 4.69) is 29.2 Å². The van der Waals surface area contributed by atoms with Crippen LogP contribution >= 0.6 is 35.3 Å². The SMILES string of the molecule is CCN1C(=O)C(=c2sc(=Cc3ccc4c(c3)C3CCCC3N4c3ccc(CO)cc3)c(=O)n2CC(=O)O)SC1=S. The maximum atomic E-state index is 13.4. The van der Waals surface area contributed by atoms with Crippen LogP contribution in [-0.2, 0) is 22.7 Å². The van der Waals surface area contributed by atoms with E-state index in [-0.39, 0.29) is 12.5 Å². The lowest BCUT2D eigenvalue weighted by Gasteiger charge is -2.27. The molecule has 0 radical (unpaired) electrons. The molecule has 1 aliphatic carbocycles. The van der Waals surface area contributed by atoms with Gasteiger partial charge in [-0.15, -0.1) is 11.3 Å². The van der Waals surface area contributed by atoms with Crippen LogP contribution < -0.4 is 19.7 Å². The second kappa shape index (κ2) is 10.6. The Labute approximate surface area is 243 Å². The lowest BCUT2D eigenvalue weighted by atomic mass is 9.96. The molecule has 2 aromatic carbocycles. The van der Waals surface area contributed by atoms with Crippen molar-refractivity contribution in [1.82, 2.24) is 9.47 Å². The number of rotatable bonds is 6. The number of benzene rings is 2. The van der Waals surface area contributed by atoms with Gasteiger partial charge in [0.15, 0.2) is 0 Å². The molecule has 1 amide bonds. The Kier molecular flexibility index (Phi) is 7.16. The highest BCUT2D eigenvalue weighted by Gasteiger charge is 2.42. The number of thioether (sulfide) groups is 1. The lowest BCUT2D eigenvalue weighted by Crippen LogP contribution is -2.35. The van der Waals surface area contributed by atoms with Gasteiger partial charge in [0.1, 0.15) is 20.4 Å². The van der Waals surface area contributed by atoms with Crippen LogP contribution in [0.4, 0.5) is 11.4 Å². The fourth-order valence-electron chi connectivity index (χ4n) is 5.98. The first-order valence-corrected chi connectivity index (χ1v) is 15.2. The highest BCUT2D eigenvalue weighted by molar-refractivity contribution is 8.30. The molecule has 3 aliphatic rings. The average Bonchev–Trinajstić information content (AvgIpc) is 3.67. The zero-order valence-corrected chi connectivity index (χ0v) is 24.2. The number of carboxylic acids is 1. The number of aliphatic carboxylic acids is 1. The predicted octanol–water partition coefficient (Wildman–Crippen LogP) is 3.09. The Morgan fingerprint density at radius 1 is 1.15 bits per heavy atom. The smallest absolute Gasteiger partial charge is 0.323 e. The van der Waals surface area contributed by atoms with Crippen molar-refractivity contribution in [1.29, 1.82) is 0 Å². The normalized spacial score (nSPS) is 21.9. The molecule has 0 bridgehead atoms. The van der Waals surface area contributed by atoms with E-state index >= 15 is 0 Å². The van der Waals surface area contributed by atoms with Crippen molar-refractivity contribution in [2.45, 2.75) is 51.3 Å². The number of aliphatic hydroxyl groups excluding tert-OH is 1. The lowest BCUT2D eigenvalue weighted by molar-refractivity contribution is -0.137. The molecule has 3 aromatic rings. The van der Waals surface area contributed by atoms with E-state index in [1.165, 1.54) is 15.0 Å². The van der Waals surface area contributed by atoms with E-state index in [0.717, 1.165) is 64.9 Å².